The van der Waals surface area contributed by atoms with E-state index in [9.17, 15) is 9.18 Å². The topological polar surface area (TPSA) is 49.3 Å². The third kappa shape index (κ3) is 1.88. The lowest BCUT2D eigenvalue weighted by Gasteiger charge is -2.07. The van der Waals surface area contributed by atoms with Gasteiger partial charge in [-0.05, 0) is 47.0 Å². The van der Waals surface area contributed by atoms with Crippen molar-refractivity contribution in [1.29, 1.82) is 0 Å². The Bertz CT molecular complexity index is 470. The number of carbonyl (C=O) groups is 1. The van der Waals surface area contributed by atoms with E-state index in [1.165, 1.54) is 6.07 Å². The molecule has 1 aliphatic carbocycles. The Balaban J connectivity index is 1.80. The molecule has 0 bridgehead atoms. The number of anilines is 1. The van der Waals surface area contributed by atoms with Crippen molar-refractivity contribution >= 4 is 23.5 Å². The van der Waals surface area contributed by atoms with Crippen molar-refractivity contribution in [3.63, 3.8) is 0 Å². The molecule has 1 amide bonds. The van der Waals surface area contributed by atoms with Crippen LogP contribution in [0.2, 0.25) is 0 Å². The summed E-state index contributed by atoms with van der Waals surface area (Å²) in [6, 6.07) is 4.62. The monoisotopic (exact) mass is 253 g/mol. The standard InChI is InChI=1S/C12H12FNO2S/c13-10-3-6(14-12(15)16)1-2-7(10)11-8-4-17-5-9(8)11/h1-3,8-9,11,14H,4-5H2,(H,15,16). The minimum Gasteiger partial charge on any atom is -0.465 e. The van der Waals surface area contributed by atoms with E-state index in [0.717, 1.165) is 17.1 Å². The average molecular weight is 253 g/mol. The molecule has 1 aromatic carbocycles. The molecule has 1 heterocycles. The summed E-state index contributed by atoms with van der Waals surface area (Å²) in [6.07, 6.45) is -1.17. The first-order chi connectivity index (χ1) is 8.16. The van der Waals surface area contributed by atoms with Crippen molar-refractivity contribution in [1.82, 2.24) is 0 Å². The summed E-state index contributed by atoms with van der Waals surface area (Å²) >= 11 is 1.94. The van der Waals surface area contributed by atoms with Gasteiger partial charge in [-0.1, -0.05) is 6.07 Å². The van der Waals surface area contributed by atoms with Crippen molar-refractivity contribution in [3.05, 3.63) is 29.6 Å². The Morgan fingerprint density at radius 1 is 1.41 bits per heavy atom. The van der Waals surface area contributed by atoms with E-state index in [2.05, 4.69) is 5.32 Å². The zero-order valence-corrected chi connectivity index (χ0v) is 9.84. The van der Waals surface area contributed by atoms with Crippen LogP contribution in [-0.4, -0.2) is 22.7 Å². The lowest BCUT2D eigenvalue weighted by molar-refractivity contribution is 0.209. The van der Waals surface area contributed by atoms with Crippen molar-refractivity contribution in [3.8, 4) is 0 Å². The van der Waals surface area contributed by atoms with Gasteiger partial charge >= 0.3 is 6.09 Å². The maximum Gasteiger partial charge on any atom is 0.409 e. The number of fused-ring (bicyclic) bond motifs is 1. The molecule has 17 heavy (non-hydrogen) atoms. The van der Waals surface area contributed by atoms with Crippen LogP contribution in [0.1, 0.15) is 11.5 Å². The first kappa shape index (κ1) is 10.9. The minimum absolute atomic E-state index is 0.291. The molecule has 3 nitrogen and oxygen atoms in total. The molecule has 2 aliphatic rings. The molecule has 1 saturated heterocycles. The number of benzene rings is 1. The van der Waals surface area contributed by atoms with Gasteiger partial charge in [-0.2, -0.15) is 11.8 Å². The smallest absolute Gasteiger partial charge is 0.409 e. The van der Waals surface area contributed by atoms with Gasteiger partial charge in [0.1, 0.15) is 5.82 Å². The second kappa shape index (κ2) is 3.91. The zero-order chi connectivity index (χ0) is 12.0. The number of thioether (sulfide) groups is 1. The number of hydrogen-bond acceptors (Lipinski definition) is 2. The lowest BCUT2D eigenvalue weighted by atomic mass is 10.1. The molecule has 0 radical (unpaired) electrons. The Labute approximate surface area is 102 Å². The highest BCUT2D eigenvalue weighted by molar-refractivity contribution is 7.99. The van der Waals surface area contributed by atoms with Crippen molar-refractivity contribution < 1.29 is 14.3 Å². The molecule has 2 unspecified atom stereocenters. The number of carboxylic acid groups (broad SMARTS) is 1. The molecule has 5 heteroatoms. The predicted octanol–water partition coefficient (Wildman–Crippen LogP) is 2.99. The van der Waals surface area contributed by atoms with Gasteiger partial charge in [0, 0.05) is 5.69 Å². The number of halogens is 1. The molecule has 90 valence electrons. The summed E-state index contributed by atoms with van der Waals surface area (Å²) in [7, 11) is 0. The maximum absolute atomic E-state index is 13.9. The summed E-state index contributed by atoms with van der Waals surface area (Å²) in [6.45, 7) is 0. The van der Waals surface area contributed by atoms with Crippen LogP contribution in [0.25, 0.3) is 0 Å². The lowest BCUT2D eigenvalue weighted by Crippen LogP contribution is -2.07. The molecule has 3 rings (SSSR count). The average Bonchev–Trinajstić information content (AvgIpc) is 2.72. The number of amides is 1. The van der Waals surface area contributed by atoms with Crippen LogP contribution in [0.4, 0.5) is 14.9 Å². The molecular formula is C12H12FNO2S. The second-order valence-corrected chi connectivity index (χ2v) is 5.63. The number of rotatable bonds is 2. The highest BCUT2D eigenvalue weighted by Gasteiger charge is 2.54. The summed E-state index contributed by atoms with van der Waals surface area (Å²) < 4.78 is 13.9. The predicted molar refractivity (Wildman–Crippen MR) is 65.1 cm³/mol. The van der Waals surface area contributed by atoms with E-state index in [1.807, 2.05) is 11.8 Å². The van der Waals surface area contributed by atoms with Gasteiger partial charge in [-0.3, -0.25) is 5.32 Å². The second-order valence-electron chi connectivity index (χ2n) is 4.56. The molecular weight excluding hydrogens is 241 g/mol. The van der Waals surface area contributed by atoms with Gasteiger partial charge in [-0.25, -0.2) is 9.18 Å². The molecule has 2 N–H and O–H groups in total. The maximum atomic E-state index is 13.9. The Morgan fingerprint density at radius 2 is 2.12 bits per heavy atom. The molecule has 2 atom stereocenters. The van der Waals surface area contributed by atoms with Crippen molar-refractivity contribution in [2.45, 2.75) is 5.92 Å². The summed E-state index contributed by atoms with van der Waals surface area (Å²) in [4.78, 5) is 10.4. The van der Waals surface area contributed by atoms with E-state index < -0.39 is 6.09 Å². The molecule has 0 aromatic heterocycles. The van der Waals surface area contributed by atoms with Crippen LogP contribution in [0.3, 0.4) is 0 Å². The van der Waals surface area contributed by atoms with E-state index in [0.29, 0.717) is 23.4 Å². The summed E-state index contributed by atoms with van der Waals surface area (Å²) in [5.74, 6) is 3.59. The fraction of sp³-hybridized carbons (Fsp3) is 0.417. The van der Waals surface area contributed by atoms with Crippen LogP contribution in [0.15, 0.2) is 18.2 Å². The Hall–Kier alpha value is -1.23. The van der Waals surface area contributed by atoms with Gasteiger partial charge < -0.3 is 5.11 Å². The largest absolute Gasteiger partial charge is 0.465 e. The number of hydrogen-bond donors (Lipinski definition) is 2. The van der Waals surface area contributed by atoms with Crippen LogP contribution in [0, 0.1) is 17.7 Å². The molecule has 2 fully saturated rings. The van der Waals surface area contributed by atoms with Crippen LogP contribution in [0.5, 0.6) is 0 Å². The van der Waals surface area contributed by atoms with Gasteiger partial charge in [0.15, 0.2) is 0 Å². The van der Waals surface area contributed by atoms with E-state index >= 15 is 0 Å². The SMILES string of the molecule is O=C(O)Nc1ccc(C2C3CSCC32)c(F)c1. The molecule has 1 saturated carbocycles. The highest BCUT2D eigenvalue weighted by Crippen LogP contribution is 2.61. The third-order valence-electron chi connectivity index (χ3n) is 3.56. The number of nitrogens with one attached hydrogen (secondary N) is 1. The Morgan fingerprint density at radius 3 is 2.71 bits per heavy atom. The van der Waals surface area contributed by atoms with E-state index in [-0.39, 0.29) is 5.82 Å². The Kier molecular flexibility index (Phi) is 2.50. The quantitative estimate of drug-likeness (QED) is 0.851. The van der Waals surface area contributed by atoms with Gasteiger partial charge in [-0.15, -0.1) is 0 Å². The fourth-order valence-electron chi connectivity index (χ4n) is 2.70. The highest BCUT2D eigenvalue weighted by atomic mass is 32.2. The summed E-state index contributed by atoms with van der Waals surface area (Å²) in [5.41, 5.74) is 1.04. The molecule has 0 spiro atoms. The minimum atomic E-state index is -1.17. The third-order valence-corrected chi connectivity index (χ3v) is 4.80. The van der Waals surface area contributed by atoms with Gasteiger partial charge in [0.25, 0.3) is 0 Å². The van der Waals surface area contributed by atoms with E-state index in [1.54, 1.807) is 12.1 Å². The van der Waals surface area contributed by atoms with Gasteiger partial charge in [0.2, 0.25) is 0 Å². The van der Waals surface area contributed by atoms with Crippen LogP contribution >= 0.6 is 11.8 Å². The molecule has 1 aliphatic heterocycles. The van der Waals surface area contributed by atoms with Crippen LogP contribution < -0.4 is 5.32 Å². The normalized spacial score (nSPS) is 29.8. The van der Waals surface area contributed by atoms with Crippen molar-refractivity contribution in [2.24, 2.45) is 11.8 Å². The first-order valence-corrected chi connectivity index (χ1v) is 6.69. The van der Waals surface area contributed by atoms with Gasteiger partial charge in [0.05, 0.1) is 0 Å². The van der Waals surface area contributed by atoms with E-state index in [4.69, 9.17) is 5.11 Å². The fourth-order valence-corrected chi connectivity index (χ4v) is 4.29. The van der Waals surface area contributed by atoms with Crippen LogP contribution in [-0.2, 0) is 0 Å². The summed E-state index contributed by atoms with van der Waals surface area (Å²) in [5, 5.41) is 10.7. The zero-order valence-electron chi connectivity index (χ0n) is 9.02. The molecule has 1 aromatic rings. The van der Waals surface area contributed by atoms with Crippen molar-refractivity contribution in [2.75, 3.05) is 16.8 Å². The first-order valence-electron chi connectivity index (χ1n) is 5.54.